The van der Waals surface area contributed by atoms with Crippen LogP contribution in [0.4, 0.5) is 4.79 Å². The molecule has 0 radical (unpaired) electrons. The molecule has 8 nitrogen and oxygen atoms in total. The van der Waals surface area contributed by atoms with Crippen LogP contribution in [0.15, 0.2) is 72.8 Å². The van der Waals surface area contributed by atoms with Gasteiger partial charge in [-0.05, 0) is 87.6 Å². The summed E-state index contributed by atoms with van der Waals surface area (Å²) in [5, 5.41) is 2.98. The first-order valence-corrected chi connectivity index (χ1v) is 15.9. The van der Waals surface area contributed by atoms with E-state index in [1.807, 2.05) is 57.2 Å². The third-order valence-electron chi connectivity index (χ3n) is 7.46. The van der Waals surface area contributed by atoms with E-state index < -0.39 is 11.7 Å². The van der Waals surface area contributed by atoms with Crippen molar-refractivity contribution < 1.29 is 33.3 Å². The topological polar surface area (TPSA) is 100 Å². The molecular formula is C37H45NO7. The summed E-state index contributed by atoms with van der Waals surface area (Å²) in [5.74, 6) is 1.02. The van der Waals surface area contributed by atoms with E-state index in [2.05, 4.69) is 5.32 Å². The van der Waals surface area contributed by atoms with Crippen molar-refractivity contribution in [2.45, 2.75) is 90.4 Å². The number of aryl methyl sites for hydroxylation is 1. The van der Waals surface area contributed by atoms with Gasteiger partial charge in [0.25, 0.3) is 0 Å². The van der Waals surface area contributed by atoms with Gasteiger partial charge in [-0.3, -0.25) is 9.59 Å². The first kappa shape index (κ1) is 33.6. The van der Waals surface area contributed by atoms with Gasteiger partial charge in [0.15, 0.2) is 5.78 Å². The molecule has 3 aromatic rings. The molecule has 1 N–H and O–H groups in total. The lowest BCUT2D eigenvalue weighted by Gasteiger charge is -2.22. The van der Waals surface area contributed by atoms with Crippen molar-refractivity contribution in [2.75, 3.05) is 13.2 Å². The molecule has 1 saturated carbocycles. The molecule has 0 spiro atoms. The second kappa shape index (κ2) is 16.7. The Labute approximate surface area is 266 Å². The minimum atomic E-state index is -0.549. The number of ketones is 1. The Hall–Kier alpha value is -4.33. The van der Waals surface area contributed by atoms with E-state index in [4.69, 9.17) is 18.9 Å². The number of carbonyl (C=O) groups is 3. The smallest absolute Gasteiger partial charge is 0.407 e. The summed E-state index contributed by atoms with van der Waals surface area (Å²) in [6.07, 6.45) is 6.28. The fraction of sp³-hybridized carbons (Fsp3) is 0.432. The van der Waals surface area contributed by atoms with Crippen LogP contribution in [0.5, 0.6) is 11.5 Å². The van der Waals surface area contributed by atoms with Crippen LogP contribution >= 0.6 is 0 Å². The number of amides is 1. The van der Waals surface area contributed by atoms with Crippen molar-refractivity contribution in [3.05, 3.63) is 95.1 Å². The van der Waals surface area contributed by atoms with Crippen molar-refractivity contribution >= 4 is 17.8 Å². The Kier molecular flexibility index (Phi) is 12.4. The van der Waals surface area contributed by atoms with Gasteiger partial charge in [-0.1, -0.05) is 55.7 Å². The Morgan fingerprint density at radius 2 is 1.42 bits per heavy atom. The van der Waals surface area contributed by atoms with Gasteiger partial charge >= 0.3 is 12.1 Å². The van der Waals surface area contributed by atoms with Crippen LogP contribution in [0.2, 0.25) is 0 Å². The molecule has 1 aliphatic carbocycles. The summed E-state index contributed by atoms with van der Waals surface area (Å²) >= 11 is 0. The number of esters is 1. The maximum atomic E-state index is 12.6. The van der Waals surface area contributed by atoms with E-state index in [1.54, 1.807) is 36.4 Å². The van der Waals surface area contributed by atoms with Gasteiger partial charge in [-0.2, -0.15) is 0 Å². The summed E-state index contributed by atoms with van der Waals surface area (Å²) in [6.45, 7) is 6.47. The fourth-order valence-electron chi connectivity index (χ4n) is 5.20. The van der Waals surface area contributed by atoms with Gasteiger partial charge < -0.3 is 24.3 Å². The minimum absolute atomic E-state index is 0.0268. The van der Waals surface area contributed by atoms with Gasteiger partial charge in [0, 0.05) is 30.0 Å². The number of hydrogen-bond acceptors (Lipinski definition) is 7. The molecule has 0 atom stereocenters. The number of rotatable bonds is 14. The van der Waals surface area contributed by atoms with E-state index in [1.165, 1.54) is 6.42 Å². The summed E-state index contributed by atoms with van der Waals surface area (Å²) < 4.78 is 22.9. The quantitative estimate of drug-likeness (QED) is 0.113. The van der Waals surface area contributed by atoms with Crippen LogP contribution in [-0.2, 0) is 27.3 Å². The summed E-state index contributed by atoms with van der Waals surface area (Å²) in [7, 11) is 0. The van der Waals surface area contributed by atoms with Crippen LogP contribution in [0, 0.1) is 0 Å². The van der Waals surface area contributed by atoms with Crippen LogP contribution in [0.1, 0.15) is 92.8 Å². The first-order chi connectivity index (χ1) is 21.7. The van der Waals surface area contributed by atoms with Crippen LogP contribution in [0.25, 0.3) is 0 Å². The van der Waals surface area contributed by atoms with Crippen molar-refractivity contribution in [1.29, 1.82) is 0 Å². The maximum absolute atomic E-state index is 12.6. The van der Waals surface area contributed by atoms with Gasteiger partial charge in [-0.15, -0.1) is 0 Å². The lowest BCUT2D eigenvalue weighted by atomic mass is 9.96. The molecule has 0 aliphatic heterocycles. The molecule has 1 amide bonds. The summed E-state index contributed by atoms with van der Waals surface area (Å²) in [5.41, 5.74) is 2.40. The highest BCUT2D eigenvalue weighted by atomic mass is 16.6. The molecule has 0 bridgehead atoms. The number of alkyl carbamates (subject to hydrolysis) is 1. The zero-order valence-corrected chi connectivity index (χ0v) is 26.6. The van der Waals surface area contributed by atoms with Crippen LogP contribution in [0.3, 0.4) is 0 Å². The SMILES string of the molecule is CC(C)(C)OC(=O)CCc1ccc(OCCCOc2ccc(C(=O)c3ccccc3)cc2)cc1COC(=O)NC1CCCCC1. The van der Waals surface area contributed by atoms with Crippen LogP contribution < -0.4 is 14.8 Å². The third-order valence-corrected chi connectivity index (χ3v) is 7.46. The molecule has 0 unspecified atom stereocenters. The molecular weight excluding hydrogens is 570 g/mol. The predicted octanol–water partition coefficient (Wildman–Crippen LogP) is 7.60. The van der Waals surface area contributed by atoms with E-state index in [-0.39, 0.29) is 30.8 Å². The van der Waals surface area contributed by atoms with Crippen molar-refractivity contribution in [1.82, 2.24) is 5.32 Å². The standard InChI is InChI=1S/C37H45NO7/c1-37(2,3)45-34(39)22-18-27-15-21-33(25-30(27)26-44-36(41)38-31-13-8-5-9-14-31)43-24-10-23-42-32-19-16-29(17-20-32)35(40)28-11-6-4-7-12-28/h4,6-7,11-12,15-17,19-21,25,31H,5,8-10,13-14,18,22-24,26H2,1-3H3,(H,38,41). The number of hydrogen-bond donors (Lipinski definition) is 1. The predicted molar refractivity (Wildman–Crippen MR) is 173 cm³/mol. The maximum Gasteiger partial charge on any atom is 0.407 e. The van der Waals surface area contributed by atoms with Gasteiger partial charge in [-0.25, -0.2) is 4.79 Å². The van der Waals surface area contributed by atoms with E-state index in [0.29, 0.717) is 48.7 Å². The van der Waals surface area contributed by atoms with Gasteiger partial charge in [0.2, 0.25) is 0 Å². The zero-order valence-electron chi connectivity index (χ0n) is 26.6. The van der Waals surface area contributed by atoms with E-state index >= 15 is 0 Å². The van der Waals surface area contributed by atoms with Gasteiger partial charge in [0.1, 0.15) is 23.7 Å². The van der Waals surface area contributed by atoms with Crippen molar-refractivity contribution in [3.63, 3.8) is 0 Å². The Morgan fingerprint density at radius 1 is 0.778 bits per heavy atom. The highest BCUT2D eigenvalue weighted by Gasteiger charge is 2.19. The monoisotopic (exact) mass is 615 g/mol. The second-order valence-electron chi connectivity index (χ2n) is 12.3. The molecule has 3 aromatic carbocycles. The average Bonchev–Trinajstić information content (AvgIpc) is 3.03. The molecule has 45 heavy (non-hydrogen) atoms. The lowest BCUT2D eigenvalue weighted by Crippen LogP contribution is -2.36. The molecule has 0 heterocycles. The molecule has 240 valence electrons. The minimum Gasteiger partial charge on any atom is -0.493 e. The largest absolute Gasteiger partial charge is 0.493 e. The van der Waals surface area contributed by atoms with Crippen LogP contribution in [-0.4, -0.2) is 42.7 Å². The number of benzene rings is 3. The fourth-order valence-corrected chi connectivity index (χ4v) is 5.20. The number of ether oxygens (including phenoxy) is 4. The molecule has 0 saturated heterocycles. The zero-order chi connectivity index (χ0) is 32.1. The summed E-state index contributed by atoms with van der Waals surface area (Å²) in [4.78, 5) is 37.5. The Bertz CT molecular complexity index is 1390. The Balaban J connectivity index is 1.27. The highest BCUT2D eigenvalue weighted by Crippen LogP contribution is 2.23. The Morgan fingerprint density at radius 3 is 2.11 bits per heavy atom. The number of carbonyl (C=O) groups excluding carboxylic acids is 3. The molecule has 8 heteroatoms. The van der Waals surface area contributed by atoms with E-state index in [0.717, 1.165) is 36.8 Å². The third kappa shape index (κ3) is 11.6. The second-order valence-corrected chi connectivity index (χ2v) is 12.3. The molecule has 4 rings (SSSR count). The number of nitrogens with one attached hydrogen (secondary N) is 1. The normalized spacial score (nSPS) is 13.5. The first-order valence-electron chi connectivity index (χ1n) is 15.9. The van der Waals surface area contributed by atoms with Gasteiger partial charge in [0.05, 0.1) is 13.2 Å². The van der Waals surface area contributed by atoms with Crippen molar-refractivity contribution in [3.8, 4) is 11.5 Å². The lowest BCUT2D eigenvalue weighted by molar-refractivity contribution is -0.154. The molecule has 1 fully saturated rings. The molecule has 0 aromatic heterocycles. The van der Waals surface area contributed by atoms with Crippen molar-refractivity contribution in [2.24, 2.45) is 0 Å². The summed E-state index contributed by atoms with van der Waals surface area (Å²) in [6, 6.07) is 22.1. The highest BCUT2D eigenvalue weighted by molar-refractivity contribution is 6.08. The average molecular weight is 616 g/mol. The van der Waals surface area contributed by atoms with E-state index in [9.17, 15) is 14.4 Å². The molecule has 1 aliphatic rings.